The lowest BCUT2D eigenvalue weighted by Crippen LogP contribution is -2.31. The van der Waals surface area contributed by atoms with Crippen LogP contribution in [0.1, 0.15) is 22.2 Å². The minimum atomic E-state index is -0.943. The summed E-state index contributed by atoms with van der Waals surface area (Å²) in [6.45, 7) is 0. The van der Waals surface area contributed by atoms with Gasteiger partial charge in [0.15, 0.2) is 0 Å². The Labute approximate surface area is 117 Å². The largest absolute Gasteiger partial charge is 0.443 e. The highest BCUT2D eigenvalue weighted by molar-refractivity contribution is 5.91. The van der Waals surface area contributed by atoms with Gasteiger partial charge < -0.3 is 14.6 Å². The molecule has 0 radical (unpaired) electrons. The molecule has 2 rings (SSSR count). The predicted molar refractivity (Wildman–Crippen MR) is 74.1 cm³/mol. The quantitative estimate of drug-likeness (QED) is 0.866. The summed E-state index contributed by atoms with van der Waals surface area (Å²) in [6.07, 6.45) is 0.684. The fourth-order valence-corrected chi connectivity index (χ4v) is 1.75. The Morgan fingerprint density at radius 1 is 1.10 bits per heavy atom. The minimum absolute atomic E-state index is 0.281. The highest BCUT2D eigenvalue weighted by Crippen LogP contribution is 2.20. The van der Waals surface area contributed by atoms with Crippen LogP contribution in [0.15, 0.2) is 48.7 Å². The van der Waals surface area contributed by atoms with E-state index in [1.54, 1.807) is 56.7 Å². The van der Waals surface area contributed by atoms with E-state index in [-0.39, 0.29) is 5.91 Å². The van der Waals surface area contributed by atoms with Gasteiger partial charge in [-0.25, -0.2) is 4.79 Å². The molecule has 0 aliphatic heterocycles. The first-order valence-corrected chi connectivity index (χ1v) is 6.20. The summed E-state index contributed by atoms with van der Waals surface area (Å²) in [5, 5.41) is 0. The van der Waals surface area contributed by atoms with E-state index in [0.717, 1.165) is 0 Å². The first kappa shape index (κ1) is 13.9. The zero-order chi connectivity index (χ0) is 14.5. The molecule has 1 N–H and O–H groups in total. The maximum absolute atomic E-state index is 12.2. The molecule has 1 aromatic carbocycles. The zero-order valence-electron chi connectivity index (χ0n) is 11.4. The van der Waals surface area contributed by atoms with Gasteiger partial charge in [-0.3, -0.25) is 4.79 Å². The minimum Gasteiger partial charge on any atom is -0.443 e. The Bertz CT molecular complexity index is 576. The van der Waals surface area contributed by atoms with E-state index in [1.807, 2.05) is 6.07 Å². The van der Waals surface area contributed by atoms with Gasteiger partial charge in [0.25, 0.3) is 5.91 Å². The number of H-pyrrole nitrogens is 1. The number of ether oxygens (including phenoxy) is 1. The van der Waals surface area contributed by atoms with Gasteiger partial charge in [-0.2, -0.15) is 0 Å². The van der Waals surface area contributed by atoms with Gasteiger partial charge in [-0.1, -0.05) is 30.3 Å². The van der Waals surface area contributed by atoms with Gasteiger partial charge in [-0.05, 0) is 12.1 Å². The second-order valence-electron chi connectivity index (χ2n) is 4.51. The van der Waals surface area contributed by atoms with Crippen molar-refractivity contribution in [2.75, 3.05) is 14.1 Å². The van der Waals surface area contributed by atoms with E-state index in [1.165, 1.54) is 4.90 Å². The van der Waals surface area contributed by atoms with E-state index in [9.17, 15) is 9.59 Å². The van der Waals surface area contributed by atoms with Gasteiger partial charge in [0.05, 0.1) is 0 Å². The van der Waals surface area contributed by atoms with Crippen molar-refractivity contribution >= 4 is 11.9 Å². The number of hydrogen-bond donors (Lipinski definition) is 1. The summed E-state index contributed by atoms with van der Waals surface area (Å²) >= 11 is 0. The van der Waals surface area contributed by atoms with Gasteiger partial charge in [0.1, 0.15) is 5.69 Å². The number of aromatic nitrogens is 1. The molecule has 0 bridgehead atoms. The van der Waals surface area contributed by atoms with Crippen LogP contribution in [0.2, 0.25) is 0 Å². The Hall–Kier alpha value is -2.56. The fourth-order valence-electron chi connectivity index (χ4n) is 1.75. The van der Waals surface area contributed by atoms with Crippen molar-refractivity contribution < 1.29 is 14.3 Å². The van der Waals surface area contributed by atoms with Gasteiger partial charge in [0.2, 0.25) is 6.10 Å². The Kier molecular flexibility index (Phi) is 4.20. The number of esters is 1. The summed E-state index contributed by atoms with van der Waals surface area (Å²) in [5.74, 6) is -0.838. The summed E-state index contributed by atoms with van der Waals surface area (Å²) in [4.78, 5) is 28.3. The highest BCUT2D eigenvalue weighted by atomic mass is 16.5. The number of carbonyl (C=O) groups is 2. The molecular weight excluding hydrogens is 256 g/mol. The van der Waals surface area contributed by atoms with Crippen LogP contribution >= 0.6 is 0 Å². The molecule has 0 saturated carbocycles. The maximum atomic E-state index is 12.2. The molecule has 5 nitrogen and oxygen atoms in total. The number of benzene rings is 1. The molecule has 2 aromatic rings. The second-order valence-corrected chi connectivity index (χ2v) is 4.51. The third-order valence-electron chi connectivity index (χ3n) is 2.81. The summed E-state index contributed by atoms with van der Waals surface area (Å²) < 4.78 is 5.34. The number of aromatic amines is 1. The molecule has 104 valence electrons. The van der Waals surface area contributed by atoms with Gasteiger partial charge in [0, 0.05) is 25.9 Å². The number of nitrogens with zero attached hydrogens (tertiary/aromatic N) is 1. The standard InChI is InChI=1S/C15H16N2O3/c1-17(2)14(18)13(11-7-4-3-5-8-11)20-15(19)12-9-6-10-16-12/h3-10,13,16H,1-2H3/t13-/m1/s1. The van der Waals surface area contributed by atoms with Crippen LogP contribution in [0.4, 0.5) is 0 Å². The first-order chi connectivity index (χ1) is 9.59. The number of carbonyl (C=O) groups excluding carboxylic acids is 2. The maximum Gasteiger partial charge on any atom is 0.355 e. The SMILES string of the molecule is CN(C)C(=O)[C@H](OC(=O)c1ccc[nH]1)c1ccccc1. The lowest BCUT2D eigenvalue weighted by Gasteiger charge is -2.20. The normalized spacial score (nSPS) is 11.7. The molecule has 0 unspecified atom stereocenters. The fraction of sp³-hybridized carbons (Fsp3) is 0.200. The van der Waals surface area contributed by atoms with Crippen LogP contribution in [-0.4, -0.2) is 35.9 Å². The van der Waals surface area contributed by atoms with Crippen LogP contribution in [0.3, 0.4) is 0 Å². The van der Waals surface area contributed by atoms with Crippen molar-refractivity contribution in [2.45, 2.75) is 6.10 Å². The average molecular weight is 272 g/mol. The lowest BCUT2D eigenvalue weighted by atomic mass is 10.1. The number of hydrogen-bond acceptors (Lipinski definition) is 3. The number of amides is 1. The van der Waals surface area contributed by atoms with Crippen molar-refractivity contribution in [1.82, 2.24) is 9.88 Å². The Morgan fingerprint density at radius 2 is 1.80 bits per heavy atom. The summed E-state index contributed by atoms with van der Waals surface area (Å²) in [6, 6.07) is 12.3. The molecule has 0 aliphatic rings. The molecule has 5 heteroatoms. The molecule has 1 heterocycles. The predicted octanol–water partition coefficient (Wildman–Crippen LogP) is 2.00. The first-order valence-electron chi connectivity index (χ1n) is 6.20. The second kappa shape index (κ2) is 6.06. The molecule has 0 saturated heterocycles. The van der Waals surface area contributed by atoms with Gasteiger partial charge >= 0.3 is 5.97 Å². The van der Waals surface area contributed by atoms with Crippen LogP contribution in [-0.2, 0) is 9.53 Å². The average Bonchev–Trinajstić information content (AvgIpc) is 2.99. The number of rotatable bonds is 4. The summed E-state index contributed by atoms with van der Waals surface area (Å²) in [5.41, 5.74) is 0.962. The molecule has 20 heavy (non-hydrogen) atoms. The van der Waals surface area contributed by atoms with Crippen molar-refractivity contribution in [3.63, 3.8) is 0 Å². The summed E-state index contributed by atoms with van der Waals surface area (Å²) in [7, 11) is 3.25. The Balaban J connectivity index is 2.24. The van der Waals surface area contributed by atoms with Crippen LogP contribution in [0.5, 0.6) is 0 Å². The van der Waals surface area contributed by atoms with E-state index in [0.29, 0.717) is 11.3 Å². The Morgan fingerprint density at radius 3 is 2.35 bits per heavy atom. The van der Waals surface area contributed by atoms with E-state index >= 15 is 0 Å². The van der Waals surface area contributed by atoms with Gasteiger partial charge in [-0.15, -0.1) is 0 Å². The van der Waals surface area contributed by atoms with E-state index < -0.39 is 12.1 Å². The molecule has 1 aromatic heterocycles. The molecule has 0 aliphatic carbocycles. The van der Waals surface area contributed by atoms with Crippen molar-refractivity contribution in [3.05, 3.63) is 59.9 Å². The topological polar surface area (TPSA) is 62.4 Å². The van der Waals surface area contributed by atoms with Crippen molar-refractivity contribution in [3.8, 4) is 0 Å². The smallest absolute Gasteiger partial charge is 0.355 e. The third-order valence-corrected chi connectivity index (χ3v) is 2.81. The monoisotopic (exact) mass is 272 g/mol. The molecule has 1 amide bonds. The zero-order valence-corrected chi connectivity index (χ0v) is 11.4. The van der Waals surface area contributed by atoms with Crippen LogP contribution in [0.25, 0.3) is 0 Å². The molecular formula is C15H16N2O3. The van der Waals surface area contributed by atoms with E-state index in [4.69, 9.17) is 4.74 Å². The highest BCUT2D eigenvalue weighted by Gasteiger charge is 2.27. The molecule has 0 fully saturated rings. The van der Waals surface area contributed by atoms with E-state index in [2.05, 4.69) is 4.98 Å². The van der Waals surface area contributed by atoms with Crippen LogP contribution in [0, 0.1) is 0 Å². The number of likely N-dealkylation sites (N-methyl/N-ethyl adjacent to an activating group) is 1. The number of nitrogens with one attached hydrogen (secondary N) is 1. The molecule has 1 atom stereocenters. The van der Waals surface area contributed by atoms with Crippen molar-refractivity contribution in [2.24, 2.45) is 0 Å². The van der Waals surface area contributed by atoms with Crippen molar-refractivity contribution in [1.29, 1.82) is 0 Å². The lowest BCUT2D eigenvalue weighted by molar-refractivity contribution is -0.138. The third kappa shape index (κ3) is 3.06. The molecule has 0 spiro atoms. The van der Waals surface area contributed by atoms with Crippen LogP contribution < -0.4 is 0 Å².